The van der Waals surface area contributed by atoms with E-state index in [1.807, 2.05) is 30.3 Å². The van der Waals surface area contributed by atoms with Gasteiger partial charge in [0.05, 0.1) is 5.52 Å². The summed E-state index contributed by atoms with van der Waals surface area (Å²) in [6.07, 6.45) is 2.47. The van der Waals surface area contributed by atoms with Crippen LogP contribution in [0.5, 0.6) is 5.75 Å². The Balaban J connectivity index is 1.41. The SMILES string of the molecule is O=C(N[C@@H](Cc1c[nH]c2ccc(O)cc12)C(=O)O)OCc1cnc2ccccc2c1. The Kier molecular flexibility index (Phi) is 5.21. The summed E-state index contributed by atoms with van der Waals surface area (Å²) in [4.78, 5) is 31.1. The molecule has 4 N–H and O–H groups in total. The molecule has 0 fully saturated rings. The van der Waals surface area contributed by atoms with Gasteiger partial charge < -0.3 is 25.3 Å². The van der Waals surface area contributed by atoms with Crippen LogP contribution in [-0.4, -0.2) is 38.3 Å². The van der Waals surface area contributed by atoms with Gasteiger partial charge in [0.1, 0.15) is 18.4 Å². The van der Waals surface area contributed by atoms with Crippen molar-refractivity contribution in [1.29, 1.82) is 0 Å². The van der Waals surface area contributed by atoms with Crippen molar-refractivity contribution in [2.24, 2.45) is 0 Å². The molecule has 0 spiro atoms. The molecule has 8 heteroatoms. The molecule has 4 rings (SSSR count). The number of alkyl carbamates (subject to hydrolysis) is 1. The zero-order chi connectivity index (χ0) is 21.1. The summed E-state index contributed by atoms with van der Waals surface area (Å²) in [5, 5.41) is 23.2. The summed E-state index contributed by atoms with van der Waals surface area (Å²) >= 11 is 0. The van der Waals surface area contributed by atoms with E-state index in [0.29, 0.717) is 16.5 Å². The molecule has 0 aliphatic rings. The van der Waals surface area contributed by atoms with Crippen LogP contribution in [0.3, 0.4) is 0 Å². The van der Waals surface area contributed by atoms with Gasteiger partial charge in [0.2, 0.25) is 0 Å². The molecule has 2 heterocycles. The Morgan fingerprint density at radius 2 is 2.00 bits per heavy atom. The number of ether oxygens (including phenoxy) is 1. The maximum atomic E-state index is 12.2. The molecule has 0 radical (unpaired) electrons. The van der Waals surface area contributed by atoms with Gasteiger partial charge in [-0.1, -0.05) is 18.2 Å². The number of hydrogen-bond donors (Lipinski definition) is 4. The average molecular weight is 405 g/mol. The number of para-hydroxylation sites is 1. The van der Waals surface area contributed by atoms with Crippen LogP contribution in [0.1, 0.15) is 11.1 Å². The Morgan fingerprint density at radius 1 is 1.17 bits per heavy atom. The molecule has 0 aliphatic heterocycles. The molecule has 1 amide bonds. The topological polar surface area (TPSA) is 125 Å². The first-order valence-electron chi connectivity index (χ1n) is 9.28. The number of aromatic amines is 1. The number of aromatic hydroxyl groups is 1. The van der Waals surface area contributed by atoms with E-state index < -0.39 is 18.1 Å². The quantitative estimate of drug-likeness (QED) is 0.390. The number of H-pyrrole nitrogens is 1. The molecule has 0 aliphatic carbocycles. The van der Waals surface area contributed by atoms with Crippen LogP contribution >= 0.6 is 0 Å². The molecule has 2 aromatic heterocycles. The fourth-order valence-corrected chi connectivity index (χ4v) is 3.28. The van der Waals surface area contributed by atoms with Crippen molar-refractivity contribution in [1.82, 2.24) is 15.3 Å². The summed E-state index contributed by atoms with van der Waals surface area (Å²) < 4.78 is 5.18. The Morgan fingerprint density at radius 3 is 2.83 bits per heavy atom. The number of carboxylic acid groups (broad SMARTS) is 1. The number of nitrogens with zero attached hydrogens (tertiary/aromatic N) is 1. The second-order valence-electron chi connectivity index (χ2n) is 6.90. The fourth-order valence-electron chi connectivity index (χ4n) is 3.28. The van der Waals surface area contributed by atoms with Crippen LogP contribution in [0.25, 0.3) is 21.8 Å². The van der Waals surface area contributed by atoms with Gasteiger partial charge in [0, 0.05) is 40.7 Å². The second kappa shape index (κ2) is 8.12. The molecule has 30 heavy (non-hydrogen) atoms. The minimum Gasteiger partial charge on any atom is -0.508 e. The molecule has 0 unspecified atom stereocenters. The van der Waals surface area contributed by atoms with Gasteiger partial charge in [-0.05, 0) is 35.9 Å². The van der Waals surface area contributed by atoms with E-state index in [2.05, 4.69) is 15.3 Å². The minimum atomic E-state index is -1.19. The molecule has 2 aromatic carbocycles. The third kappa shape index (κ3) is 4.17. The number of carbonyl (C=O) groups is 2. The zero-order valence-corrected chi connectivity index (χ0v) is 15.8. The summed E-state index contributed by atoms with van der Waals surface area (Å²) in [5.41, 5.74) is 2.95. The first-order chi connectivity index (χ1) is 14.5. The predicted octanol–water partition coefficient (Wildman–Crippen LogP) is 3.34. The summed E-state index contributed by atoms with van der Waals surface area (Å²) in [6, 6.07) is 13.0. The lowest BCUT2D eigenvalue weighted by atomic mass is 10.0. The summed E-state index contributed by atoms with van der Waals surface area (Å²) in [5.74, 6) is -1.11. The molecule has 8 nitrogen and oxygen atoms in total. The molecular weight excluding hydrogens is 386 g/mol. The van der Waals surface area contributed by atoms with E-state index in [4.69, 9.17) is 4.74 Å². The van der Waals surface area contributed by atoms with Gasteiger partial charge in [0.25, 0.3) is 0 Å². The number of rotatable bonds is 6. The van der Waals surface area contributed by atoms with Gasteiger partial charge in [-0.3, -0.25) is 4.98 Å². The summed E-state index contributed by atoms with van der Waals surface area (Å²) in [6.45, 7) is -0.0308. The fraction of sp³-hybridized carbons (Fsp3) is 0.136. The second-order valence-corrected chi connectivity index (χ2v) is 6.90. The maximum absolute atomic E-state index is 12.2. The number of phenols is 1. The molecule has 152 valence electrons. The number of hydrogen-bond acceptors (Lipinski definition) is 5. The van der Waals surface area contributed by atoms with Gasteiger partial charge in [0.15, 0.2) is 0 Å². The molecule has 0 saturated carbocycles. The van der Waals surface area contributed by atoms with Crippen LogP contribution in [0, 0.1) is 0 Å². The standard InChI is InChI=1S/C22H19N3O5/c26-16-5-6-19-17(9-16)15(11-24-19)8-20(21(27)28)25-22(29)30-12-13-7-14-3-1-2-4-18(14)23-10-13/h1-7,9-11,20,24,26H,8,12H2,(H,25,29)(H,27,28)/t20-/m0/s1. The normalized spacial score (nSPS) is 12.0. The molecule has 0 saturated heterocycles. The molecule has 4 aromatic rings. The van der Waals surface area contributed by atoms with Crippen LogP contribution in [-0.2, 0) is 22.6 Å². The Hall–Kier alpha value is -4.07. The highest BCUT2D eigenvalue weighted by atomic mass is 16.5. The van der Waals surface area contributed by atoms with Crippen molar-refractivity contribution >= 4 is 33.9 Å². The zero-order valence-electron chi connectivity index (χ0n) is 15.8. The largest absolute Gasteiger partial charge is 0.508 e. The highest BCUT2D eigenvalue weighted by Crippen LogP contribution is 2.24. The van der Waals surface area contributed by atoms with E-state index in [-0.39, 0.29) is 18.8 Å². The molecule has 0 bridgehead atoms. The minimum absolute atomic E-state index is 0.0308. The third-order valence-corrected chi connectivity index (χ3v) is 4.78. The summed E-state index contributed by atoms with van der Waals surface area (Å²) in [7, 11) is 0. The number of aliphatic carboxylic acids is 1. The smallest absolute Gasteiger partial charge is 0.408 e. The van der Waals surface area contributed by atoms with E-state index in [1.165, 1.54) is 6.07 Å². The number of carboxylic acids is 1. The number of benzene rings is 2. The van der Waals surface area contributed by atoms with E-state index in [1.54, 1.807) is 24.5 Å². The average Bonchev–Trinajstić information content (AvgIpc) is 3.13. The van der Waals surface area contributed by atoms with Crippen molar-refractivity contribution in [2.75, 3.05) is 0 Å². The van der Waals surface area contributed by atoms with Gasteiger partial charge in [-0.25, -0.2) is 9.59 Å². The lowest BCUT2D eigenvalue weighted by Crippen LogP contribution is -2.42. The van der Waals surface area contributed by atoms with Gasteiger partial charge in [-0.2, -0.15) is 0 Å². The number of phenolic OH excluding ortho intramolecular Hbond substituents is 1. The van der Waals surface area contributed by atoms with Crippen molar-refractivity contribution in [3.8, 4) is 5.75 Å². The van der Waals surface area contributed by atoms with E-state index in [0.717, 1.165) is 16.4 Å². The monoisotopic (exact) mass is 405 g/mol. The predicted molar refractivity (Wildman–Crippen MR) is 110 cm³/mol. The van der Waals surface area contributed by atoms with Crippen molar-refractivity contribution in [2.45, 2.75) is 19.1 Å². The maximum Gasteiger partial charge on any atom is 0.408 e. The lowest BCUT2D eigenvalue weighted by molar-refractivity contribution is -0.139. The molecular formula is C22H19N3O5. The number of amides is 1. The highest BCUT2D eigenvalue weighted by Gasteiger charge is 2.22. The molecule has 1 atom stereocenters. The Labute approximate surface area is 171 Å². The number of carbonyl (C=O) groups excluding carboxylic acids is 1. The number of aromatic nitrogens is 2. The van der Waals surface area contributed by atoms with Crippen LogP contribution in [0.15, 0.2) is 60.9 Å². The van der Waals surface area contributed by atoms with Crippen LogP contribution < -0.4 is 5.32 Å². The number of pyridine rings is 1. The first kappa shape index (κ1) is 19.3. The van der Waals surface area contributed by atoms with E-state index >= 15 is 0 Å². The van der Waals surface area contributed by atoms with Crippen LogP contribution in [0.4, 0.5) is 4.79 Å². The van der Waals surface area contributed by atoms with E-state index in [9.17, 15) is 19.8 Å². The first-order valence-corrected chi connectivity index (χ1v) is 9.28. The number of nitrogens with one attached hydrogen (secondary N) is 2. The number of fused-ring (bicyclic) bond motifs is 2. The Bertz CT molecular complexity index is 1230. The third-order valence-electron chi connectivity index (χ3n) is 4.78. The van der Waals surface area contributed by atoms with Gasteiger partial charge >= 0.3 is 12.1 Å². The van der Waals surface area contributed by atoms with Gasteiger partial charge in [-0.15, -0.1) is 0 Å². The van der Waals surface area contributed by atoms with Crippen molar-refractivity contribution in [3.63, 3.8) is 0 Å². The van der Waals surface area contributed by atoms with Crippen LogP contribution in [0.2, 0.25) is 0 Å². The highest BCUT2D eigenvalue weighted by molar-refractivity contribution is 5.86. The lowest BCUT2D eigenvalue weighted by Gasteiger charge is -2.14. The van der Waals surface area contributed by atoms with Crippen molar-refractivity contribution in [3.05, 3.63) is 72.1 Å². The van der Waals surface area contributed by atoms with Crippen molar-refractivity contribution < 1.29 is 24.5 Å².